The fraction of sp³-hybridized carbons (Fsp3) is 0.588. The van der Waals surface area contributed by atoms with Crippen LogP contribution in [0.25, 0.3) is 0 Å². The van der Waals surface area contributed by atoms with Crippen LogP contribution in [0.15, 0.2) is 18.2 Å². The van der Waals surface area contributed by atoms with Crippen LogP contribution in [0.5, 0.6) is 11.5 Å². The maximum Gasteiger partial charge on any atom is 0.222 e. The van der Waals surface area contributed by atoms with Gasteiger partial charge in [-0.3, -0.25) is 4.79 Å². The van der Waals surface area contributed by atoms with Gasteiger partial charge in [0.2, 0.25) is 5.91 Å². The van der Waals surface area contributed by atoms with Crippen LogP contribution < -0.4 is 15.2 Å². The molecule has 1 heterocycles. The largest absolute Gasteiger partial charge is 0.493 e. The number of likely N-dealkylation sites (tertiary alicyclic amines) is 1. The molecule has 0 atom stereocenters. The molecule has 22 heavy (non-hydrogen) atoms. The topological polar surface area (TPSA) is 64.8 Å². The smallest absolute Gasteiger partial charge is 0.222 e. The summed E-state index contributed by atoms with van der Waals surface area (Å²) in [4.78, 5) is 14.2. The molecule has 0 unspecified atom stereocenters. The lowest BCUT2D eigenvalue weighted by molar-refractivity contribution is -0.132. The van der Waals surface area contributed by atoms with Crippen molar-refractivity contribution >= 4 is 5.91 Å². The van der Waals surface area contributed by atoms with Crippen LogP contribution in [0.1, 0.15) is 31.7 Å². The van der Waals surface area contributed by atoms with E-state index in [0.717, 1.165) is 43.0 Å². The second-order valence-corrected chi connectivity index (χ2v) is 5.64. The maximum atomic E-state index is 12.2. The molecule has 1 aromatic carbocycles. The highest BCUT2D eigenvalue weighted by molar-refractivity contribution is 5.76. The van der Waals surface area contributed by atoms with Crippen LogP contribution in [0.3, 0.4) is 0 Å². The molecule has 1 aliphatic heterocycles. The maximum absolute atomic E-state index is 12.2. The lowest BCUT2D eigenvalue weighted by atomic mass is 10.0. The van der Waals surface area contributed by atoms with Gasteiger partial charge >= 0.3 is 0 Å². The highest BCUT2D eigenvalue weighted by Crippen LogP contribution is 2.28. The average molecular weight is 306 g/mol. The quantitative estimate of drug-likeness (QED) is 0.873. The molecular formula is C17H26N2O3. The number of amides is 1. The van der Waals surface area contributed by atoms with Gasteiger partial charge in [0, 0.05) is 25.6 Å². The minimum Gasteiger partial charge on any atom is -0.493 e. The van der Waals surface area contributed by atoms with Crippen molar-refractivity contribution in [1.82, 2.24) is 4.90 Å². The van der Waals surface area contributed by atoms with Crippen molar-refractivity contribution in [2.45, 2.75) is 38.6 Å². The van der Waals surface area contributed by atoms with E-state index in [2.05, 4.69) is 0 Å². The van der Waals surface area contributed by atoms with E-state index in [1.807, 2.05) is 30.0 Å². The number of hydrogen-bond donors (Lipinski definition) is 1. The van der Waals surface area contributed by atoms with E-state index < -0.39 is 0 Å². The number of benzene rings is 1. The number of piperidine rings is 1. The van der Waals surface area contributed by atoms with Gasteiger partial charge in [-0.1, -0.05) is 6.07 Å². The molecule has 0 aromatic heterocycles. The van der Waals surface area contributed by atoms with Gasteiger partial charge in [0.25, 0.3) is 0 Å². The SMILES string of the molecule is CCOc1ccc(CCC(=O)N2CCC(N)CC2)cc1OC. The summed E-state index contributed by atoms with van der Waals surface area (Å²) in [5.74, 6) is 1.67. The summed E-state index contributed by atoms with van der Waals surface area (Å²) in [7, 11) is 1.63. The van der Waals surface area contributed by atoms with Crippen molar-refractivity contribution in [3.05, 3.63) is 23.8 Å². The van der Waals surface area contributed by atoms with Gasteiger partial charge in [-0.25, -0.2) is 0 Å². The highest BCUT2D eigenvalue weighted by Gasteiger charge is 2.20. The van der Waals surface area contributed by atoms with Gasteiger partial charge in [0.05, 0.1) is 13.7 Å². The Labute approximate surface area is 132 Å². The molecule has 0 saturated carbocycles. The summed E-state index contributed by atoms with van der Waals surface area (Å²) in [6, 6.07) is 6.10. The highest BCUT2D eigenvalue weighted by atomic mass is 16.5. The summed E-state index contributed by atoms with van der Waals surface area (Å²) in [6.07, 6.45) is 3.04. The van der Waals surface area contributed by atoms with E-state index in [0.29, 0.717) is 19.4 Å². The summed E-state index contributed by atoms with van der Waals surface area (Å²) in [6.45, 7) is 4.11. The molecule has 1 aliphatic rings. The van der Waals surface area contributed by atoms with Gasteiger partial charge in [-0.2, -0.15) is 0 Å². The van der Waals surface area contributed by atoms with Crippen LogP contribution in [-0.4, -0.2) is 43.7 Å². The minimum atomic E-state index is 0.208. The normalized spacial score (nSPS) is 15.7. The lowest BCUT2D eigenvalue weighted by Crippen LogP contribution is -2.42. The van der Waals surface area contributed by atoms with E-state index in [9.17, 15) is 4.79 Å². The Balaban J connectivity index is 1.89. The van der Waals surface area contributed by atoms with Crippen LogP contribution in [-0.2, 0) is 11.2 Å². The van der Waals surface area contributed by atoms with Crippen molar-refractivity contribution in [1.29, 1.82) is 0 Å². The second kappa shape index (κ2) is 8.03. The number of nitrogens with zero attached hydrogens (tertiary/aromatic N) is 1. The number of nitrogens with two attached hydrogens (primary N) is 1. The number of carbonyl (C=O) groups excluding carboxylic acids is 1. The molecule has 2 N–H and O–H groups in total. The third-order valence-electron chi connectivity index (χ3n) is 4.05. The molecular weight excluding hydrogens is 280 g/mol. The molecule has 0 spiro atoms. The molecule has 1 saturated heterocycles. The zero-order valence-electron chi connectivity index (χ0n) is 13.5. The lowest BCUT2D eigenvalue weighted by Gasteiger charge is -2.30. The third-order valence-corrected chi connectivity index (χ3v) is 4.05. The van der Waals surface area contributed by atoms with Gasteiger partial charge in [-0.05, 0) is 43.9 Å². The Morgan fingerprint density at radius 3 is 2.68 bits per heavy atom. The van der Waals surface area contributed by atoms with Crippen LogP contribution >= 0.6 is 0 Å². The van der Waals surface area contributed by atoms with Gasteiger partial charge in [0.15, 0.2) is 11.5 Å². The first-order chi connectivity index (χ1) is 10.6. The molecule has 0 aliphatic carbocycles. The number of aryl methyl sites for hydroxylation is 1. The molecule has 5 heteroatoms. The summed E-state index contributed by atoms with van der Waals surface area (Å²) < 4.78 is 10.8. The monoisotopic (exact) mass is 306 g/mol. The molecule has 122 valence electrons. The first kappa shape index (κ1) is 16.6. The number of carbonyl (C=O) groups is 1. The molecule has 1 fully saturated rings. The summed E-state index contributed by atoms with van der Waals surface area (Å²) >= 11 is 0. The molecule has 0 bridgehead atoms. The van der Waals surface area contributed by atoms with E-state index in [-0.39, 0.29) is 11.9 Å². The van der Waals surface area contributed by atoms with Crippen LogP contribution in [0, 0.1) is 0 Å². The number of ether oxygens (including phenoxy) is 2. The van der Waals surface area contributed by atoms with E-state index in [1.54, 1.807) is 7.11 Å². The van der Waals surface area contributed by atoms with Crippen molar-refractivity contribution < 1.29 is 14.3 Å². The second-order valence-electron chi connectivity index (χ2n) is 5.64. The molecule has 1 aromatic rings. The number of rotatable bonds is 6. The van der Waals surface area contributed by atoms with Crippen molar-refractivity contribution in [2.24, 2.45) is 5.73 Å². The van der Waals surface area contributed by atoms with Crippen molar-refractivity contribution in [3.8, 4) is 11.5 Å². The fourth-order valence-electron chi connectivity index (χ4n) is 2.70. The standard InChI is InChI=1S/C17H26N2O3/c1-3-22-15-6-4-13(12-16(15)21-2)5-7-17(20)19-10-8-14(18)9-11-19/h4,6,12,14H,3,5,7-11,18H2,1-2H3. The Morgan fingerprint density at radius 2 is 2.05 bits per heavy atom. The van der Waals surface area contributed by atoms with Crippen molar-refractivity contribution in [2.75, 3.05) is 26.8 Å². The van der Waals surface area contributed by atoms with E-state index >= 15 is 0 Å². The van der Waals surface area contributed by atoms with Crippen molar-refractivity contribution in [3.63, 3.8) is 0 Å². The van der Waals surface area contributed by atoms with Gasteiger partial charge in [0.1, 0.15) is 0 Å². The zero-order valence-corrected chi connectivity index (χ0v) is 13.5. The molecule has 5 nitrogen and oxygen atoms in total. The van der Waals surface area contributed by atoms with E-state index in [1.165, 1.54) is 0 Å². The number of hydrogen-bond acceptors (Lipinski definition) is 4. The third kappa shape index (κ3) is 4.37. The Morgan fingerprint density at radius 1 is 1.32 bits per heavy atom. The van der Waals surface area contributed by atoms with Crippen LogP contribution in [0.2, 0.25) is 0 Å². The Bertz CT molecular complexity index is 497. The van der Waals surface area contributed by atoms with Crippen LogP contribution in [0.4, 0.5) is 0 Å². The molecule has 0 radical (unpaired) electrons. The summed E-state index contributed by atoms with van der Waals surface area (Å²) in [5.41, 5.74) is 6.95. The molecule has 2 rings (SSSR count). The first-order valence-corrected chi connectivity index (χ1v) is 7.97. The molecule has 1 amide bonds. The number of methoxy groups -OCH3 is 1. The average Bonchev–Trinajstić information content (AvgIpc) is 2.54. The predicted octanol–water partition coefficient (Wildman–Crippen LogP) is 1.98. The van der Waals surface area contributed by atoms with Gasteiger partial charge in [-0.15, -0.1) is 0 Å². The Kier molecular flexibility index (Phi) is 6.07. The van der Waals surface area contributed by atoms with E-state index in [4.69, 9.17) is 15.2 Å². The minimum absolute atomic E-state index is 0.208. The predicted molar refractivity (Wildman–Crippen MR) is 86.3 cm³/mol. The first-order valence-electron chi connectivity index (χ1n) is 7.97. The zero-order chi connectivity index (χ0) is 15.9. The summed E-state index contributed by atoms with van der Waals surface area (Å²) in [5, 5.41) is 0. The Hall–Kier alpha value is -1.75. The van der Waals surface area contributed by atoms with Gasteiger partial charge < -0.3 is 20.1 Å². The fourth-order valence-corrected chi connectivity index (χ4v) is 2.70.